The molecule has 0 spiro atoms. The smallest absolute Gasteiger partial charge is 0.196 e. The molecule has 0 amide bonds. The van der Waals surface area contributed by atoms with Gasteiger partial charge in [-0.3, -0.25) is 0 Å². The van der Waals surface area contributed by atoms with E-state index in [1.165, 1.54) is 23.9 Å². The van der Waals surface area contributed by atoms with Gasteiger partial charge < -0.3 is 16.6 Å². The molecule has 1 unspecified atom stereocenters. The summed E-state index contributed by atoms with van der Waals surface area (Å²) in [6, 6.07) is 4.42. The minimum Gasteiger partial charge on any atom is -0.389 e. The number of nitrogens with zero attached hydrogens (tertiary/aromatic N) is 2. The third-order valence-corrected chi connectivity index (χ3v) is 3.63. The van der Waals surface area contributed by atoms with Crippen LogP contribution in [0, 0.1) is 12.7 Å². The highest BCUT2D eigenvalue weighted by Crippen LogP contribution is 2.33. The van der Waals surface area contributed by atoms with Crippen LogP contribution in [0.5, 0.6) is 0 Å². The Labute approximate surface area is 120 Å². The third-order valence-electron chi connectivity index (χ3n) is 2.69. The number of aliphatic hydroxyl groups is 1. The van der Waals surface area contributed by atoms with Crippen LogP contribution in [0.25, 0.3) is 0 Å². The highest BCUT2D eigenvalue weighted by molar-refractivity contribution is 7.99. The first kappa shape index (κ1) is 14.5. The van der Waals surface area contributed by atoms with Gasteiger partial charge in [-0.05, 0) is 48.9 Å². The normalized spacial score (nSPS) is 12.4. The van der Waals surface area contributed by atoms with Crippen molar-refractivity contribution in [3.8, 4) is 0 Å². The van der Waals surface area contributed by atoms with Crippen molar-refractivity contribution in [2.45, 2.75) is 30.0 Å². The van der Waals surface area contributed by atoms with E-state index in [1.807, 2.05) is 0 Å². The minimum atomic E-state index is -0.800. The molecule has 0 saturated heterocycles. The van der Waals surface area contributed by atoms with Crippen molar-refractivity contribution in [2.75, 3.05) is 11.5 Å². The molecule has 7 heteroatoms. The number of nitrogen functional groups attached to an aromatic ring is 2. The number of hydrogen-bond donors (Lipinski definition) is 3. The fourth-order valence-corrected chi connectivity index (χ4v) is 2.77. The summed E-state index contributed by atoms with van der Waals surface area (Å²) in [5, 5.41) is 10.1. The first-order valence-corrected chi connectivity index (χ1v) is 6.74. The summed E-state index contributed by atoms with van der Waals surface area (Å²) in [6.07, 6.45) is -0.800. The lowest BCUT2D eigenvalue weighted by atomic mass is 10.1. The zero-order valence-corrected chi connectivity index (χ0v) is 11.9. The van der Waals surface area contributed by atoms with Gasteiger partial charge in [-0.1, -0.05) is 0 Å². The maximum Gasteiger partial charge on any atom is 0.196 e. The maximum absolute atomic E-state index is 13.6. The number of anilines is 2. The topological polar surface area (TPSA) is 98.0 Å². The van der Waals surface area contributed by atoms with Crippen LogP contribution in [-0.4, -0.2) is 15.1 Å². The number of aliphatic hydroxyl groups excluding tert-OH is 1. The Bertz CT molecular complexity index is 628. The van der Waals surface area contributed by atoms with E-state index < -0.39 is 6.10 Å². The van der Waals surface area contributed by atoms with E-state index in [0.29, 0.717) is 21.2 Å². The lowest BCUT2D eigenvalue weighted by Gasteiger charge is -2.13. The summed E-state index contributed by atoms with van der Waals surface area (Å²) in [7, 11) is 0. The molecule has 2 aromatic rings. The molecule has 5 N–H and O–H groups in total. The van der Waals surface area contributed by atoms with Crippen LogP contribution in [0.2, 0.25) is 0 Å². The number of nitrogens with two attached hydrogens (primary N) is 2. The first-order chi connectivity index (χ1) is 9.36. The Hall–Kier alpha value is -1.86. The van der Waals surface area contributed by atoms with Crippen LogP contribution in [0.3, 0.4) is 0 Å². The van der Waals surface area contributed by atoms with Gasteiger partial charge in [0, 0.05) is 11.0 Å². The van der Waals surface area contributed by atoms with Gasteiger partial charge in [-0.15, -0.1) is 0 Å². The zero-order valence-electron chi connectivity index (χ0n) is 11.1. The Morgan fingerprint density at radius 3 is 2.35 bits per heavy atom. The van der Waals surface area contributed by atoms with E-state index in [9.17, 15) is 9.50 Å². The van der Waals surface area contributed by atoms with E-state index in [2.05, 4.69) is 9.97 Å². The predicted molar refractivity (Wildman–Crippen MR) is 76.8 cm³/mol. The van der Waals surface area contributed by atoms with Crippen LogP contribution in [0.15, 0.2) is 28.3 Å². The standard InChI is InChI=1S/C13H15FN4OS/c1-6-3-10(8(7(2)19)4-9(6)14)20-13-17-11(15)5-12(16)18-13/h3-5,7,19H,1-2H3,(H4,15,16,17,18). The van der Waals surface area contributed by atoms with Gasteiger partial charge in [0.1, 0.15) is 17.5 Å². The van der Waals surface area contributed by atoms with Gasteiger partial charge >= 0.3 is 0 Å². The van der Waals surface area contributed by atoms with Crippen LogP contribution < -0.4 is 11.5 Å². The molecule has 0 bridgehead atoms. The SMILES string of the molecule is Cc1cc(Sc2nc(N)cc(N)n2)c(C(C)O)cc1F. The van der Waals surface area contributed by atoms with Crippen LogP contribution in [0.1, 0.15) is 24.2 Å². The lowest BCUT2D eigenvalue weighted by molar-refractivity contribution is 0.196. The molecule has 0 radical (unpaired) electrons. The third kappa shape index (κ3) is 3.17. The van der Waals surface area contributed by atoms with Crippen molar-refractivity contribution >= 4 is 23.4 Å². The summed E-state index contributed by atoms with van der Waals surface area (Å²) in [6.45, 7) is 3.22. The molecule has 1 aromatic carbocycles. The number of hydrogen-bond acceptors (Lipinski definition) is 6. The van der Waals surface area contributed by atoms with Gasteiger partial charge in [0.2, 0.25) is 0 Å². The van der Waals surface area contributed by atoms with Crippen molar-refractivity contribution in [3.63, 3.8) is 0 Å². The monoisotopic (exact) mass is 294 g/mol. The Balaban J connectivity index is 2.44. The highest BCUT2D eigenvalue weighted by atomic mass is 32.2. The second kappa shape index (κ2) is 5.64. The van der Waals surface area contributed by atoms with E-state index in [0.717, 1.165) is 0 Å². The summed E-state index contributed by atoms with van der Waals surface area (Å²) in [4.78, 5) is 8.78. The van der Waals surface area contributed by atoms with Crippen LogP contribution in [-0.2, 0) is 0 Å². The number of aromatic nitrogens is 2. The van der Waals surface area contributed by atoms with Gasteiger partial charge in [0.25, 0.3) is 0 Å². The molecule has 2 rings (SSSR count). The molecule has 1 heterocycles. The Kier molecular flexibility index (Phi) is 4.10. The number of halogens is 1. The molecule has 0 aliphatic rings. The van der Waals surface area contributed by atoms with E-state index >= 15 is 0 Å². The van der Waals surface area contributed by atoms with Gasteiger partial charge in [-0.25, -0.2) is 14.4 Å². The molecule has 5 nitrogen and oxygen atoms in total. The quantitative estimate of drug-likeness (QED) is 0.751. The summed E-state index contributed by atoms with van der Waals surface area (Å²) < 4.78 is 13.6. The molecular weight excluding hydrogens is 279 g/mol. The Morgan fingerprint density at radius 2 is 1.80 bits per heavy atom. The molecule has 20 heavy (non-hydrogen) atoms. The molecule has 1 atom stereocenters. The minimum absolute atomic E-state index is 0.262. The van der Waals surface area contributed by atoms with Crippen molar-refractivity contribution in [1.29, 1.82) is 0 Å². The molecule has 1 aromatic heterocycles. The second-order valence-corrected chi connectivity index (χ2v) is 5.43. The fourth-order valence-electron chi connectivity index (χ4n) is 1.69. The molecule has 0 fully saturated rings. The molecule has 0 aliphatic heterocycles. The number of aryl methyl sites for hydroxylation is 1. The zero-order chi connectivity index (χ0) is 14.9. The fraction of sp³-hybridized carbons (Fsp3) is 0.231. The first-order valence-electron chi connectivity index (χ1n) is 5.93. The summed E-state index contributed by atoms with van der Waals surface area (Å²) in [5.41, 5.74) is 12.2. The van der Waals surface area contributed by atoms with Crippen molar-refractivity contribution in [1.82, 2.24) is 9.97 Å². The predicted octanol–water partition coefficient (Wildman–Crippen LogP) is 2.29. The molecule has 106 valence electrons. The molecule has 0 aliphatic carbocycles. The van der Waals surface area contributed by atoms with Crippen LogP contribution >= 0.6 is 11.8 Å². The van der Waals surface area contributed by atoms with Gasteiger partial charge in [0.15, 0.2) is 5.16 Å². The van der Waals surface area contributed by atoms with Crippen LogP contribution in [0.4, 0.5) is 16.0 Å². The van der Waals surface area contributed by atoms with Crippen molar-refractivity contribution in [2.24, 2.45) is 0 Å². The highest BCUT2D eigenvalue weighted by Gasteiger charge is 2.14. The Morgan fingerprint density at radius 1 is 1.20 bits per heavy atom. The van der Waals surface area contributed by atoms with Gasteiger partial charge in [0.05, 0.1) is 6.10 Å². The average Bonchev–Trinajstić information content (AvgIpc) is 2.31. The summed E-state index contributed by atoms with van der Waals surface area (Å²) in [5.74, 6) is 0.160. The average molecular weight is 294 g/mol. The van der Waals surface area contributed by atoms with Crippen molar-refractivity contribution in [3.05, 3.63) is 35.1 Å². The van der Waals surface area contributed by atoms with E-state index in [1.54, 1.807) is 19.9 Å². The maximum atomic E-state index is 13.6. The summed E-state index contributed by atoms with van der Waals surface area (Å²) >= 11 is 1.18. The van der Waals surface area contributed by atoms with E-state index in [-0.39, 0.29) is 17.5 Å². The van der Waals surface area contributed by atoms with Gasteiger partial charge in [-0.2, -0.15) is 0 Å². The number of rotatable bonds is 3. The molecule has 0 saturated carbocycles. The second-order valence-electron chi connectivity index (χ2n) is 4.42. The largest absolute Gasteiger partial charge is 0.389 e. The number of benzene rings is 1. The van der Waals surface area contributed by atoms with E-state index in [4.69, 9.17) is 11.5 Å². The molecular formula is C13H15FN4OS. The lowest BCUT2D eigenvalue weighted by Crippen LogP contribution is -2.01. The van der Waals surface area contributed by atoms with Crippen molar-refractivity contribution < 1.29 is 9.50 Å².